The van der Waals surface area contributed by atoms with E-state index in [-0.39, 0.29) is 24.5 Å². The second-order valence-electron chi connectivity index (χ2n) is 6.18. The van der Waals surface area contributed by atoms with Gasteiger partial charge in [0.1, 0.15) is 6.10 Å². The maximum absolute atomic E-state index is 13.1. The van der Waals surface area contributed by atoms with Crippen LogP contribution in [0.25, 0.3) is 0 Å². The molecule has 1 N–H and O–H groups in total. The molecular formula is C19H17BrN2O4. The van der Waals surface area contributed by atoms with Gasteiger partial charge in [-0.3, -0.25) is 9.59 Å². The first-order chi connectivity index (χ1) is 12.6. The summed E-state index contributed by atoms with van der Waals surface area (Å²) in [5, 5.41) is 2.73. The number of benzene rings is 2. The monoisotopic (exact) mass is 416 g/mol. The fourth-order valence-corrected chi connectivity index (χ4v) is 3.43. The molecule has 2 heterocycles. The van der Waals surface area contributed by atoms with Crippen LogP contribution in [0.4, 0.5) is 5.69 Å². The highest BCUT2D eigenvalue weighted by Crippen LogP contribution is 2.33. The molecule has 0 aromatic heterocycles. The number of anilines is 1. The number of hydrogen-bond donors (Lipinski definition) is 1. The highest BCUT2D eigenvalue weighted by Gasteiger charge is 2.30. The molecule has 0 bridgehead atoms. The van der Waals surface area contributed by atoms with Crippen molar-refractivity contribution in [3.05, 3.63) is 58.1 Å². The Hall–Kier alpha value is -2.38. The SMILES string of the molecule is O=C1COc2c(cccc2C(=O)N2CCOC(c3ccc(Br)cc3)C2)N1. The molecule has 0 spiro atoms. The van der Waals surface area contributed by atoms with E-state index < -0.39 is 0 Å². The van der Waals surface area contributed by atoms with Crippen molar-refractivity contribution in [2.24, 2.45) is 0 Å². The maximum Gasteiger partial charge on any atom is 0.262 e. The van der Waals surface area contributed by atoms with Gasteiger partial charge in [-0.2, -0.15) is 0 Å². The molecular weight excluding hydrogens is 400 g/mol. The van der Waals surface area contributed by atoms with Gasteiger partial charge in [-0.15, -0.1) is 0 Å². The first-order valence-electron chi connectivity index (χ1n) is 8.34. The van der Waals surface area contributed by atoms with Gasteiger partial charge in [0.05, 0.1) is 24.4 Å². The summed E-state index contributed by atoms with van der Waals surface area (Å²) in [6.45, 7) is 1.37. The summed E-state index contributed by atoms with van der Waals surface area (Å²) in [5.74, 6) is 0.0935. The fraction of sp³-hybridized carbons (Fsp3) is 0.263. The van der Waals surface area contributed by atoms with Crippen LogP contribution in [-0.2, 0) is 9.53 Å². The normalized spacial score (nSPS) is 19.3. The van der Waals surface area contributed by atoms with E-state index in [0.29, 0.717) is 36.7 Å². The number of fused-ring (bicyclic) bond motifs is 1. The minimum absolute atomic E-state index is 0.0814. The van der Waals surface area contributed by atoms with Crippen molar-refractivity contribution in [2.45, 2.75) is 6.10 Å². The van der Waals surface area contributed by atoms with Crippen LogP contribution in [0.2, 0.25) is 0 Å². The molecule has 1 fully saturated rings. The van der Waals surface area contributed by atoms with Crippen molar-refractivity contribution in [3.8, 4) is 5.75 Å². The third-order valence-corrected chi connectivity index (χ3v) is 4.99. The van der Waals surface area contributed by atoms with Crippen LogP contribution in [0.5, 0.6) is 5.75 Å². The van der Waals surface area contributed by atoms with E-state index in [2.05, 4.69) is 21.2 Å². The Morgan fingerprint density at radius 2 is 2.00 bits per heavy atom. The van der Waals surface area contributed by atoms with Crippen LogP contribution < -0.4 is 10.1 Å². The van der Waals surface area contributed by atoms with Crippen molar-refractivity contribution >= 4 is 33.4 Å². The summed E-state index contributed by atoms with van der Waals surface area (Å²) in [7, 11) is 0. The van der Waals surface area contributed by atoms with Gasteiger partial charge in [-0.05, 0) is 29.8 Å². The van der Waals surface area contributed by atoms with Gasteiger partial charge in [0.2, 0.25) is 0 Å². The van der Waals surface area contributed by atoms with Gasteiger partial charge in [0.25, 0.3) is 11.8 Å². The molecule has 2 aliphatic heterocycles. The number of morpholine rings is 1. The number of nitrogens with zero attached hydrogens (tertiary/aromatic N) is 1. The fourth-order valence-electron chi connectivity index (χ4n) is 3.17. The van der Waals surface area contributed by atoms with Gasteiger partial charge in [-0.25, -0.2) is 0 Å². The smallest absolute Gasteiger partial charge is 0.262 e. The molecule has 26 heavy (non-hydrogen) atoms. The van der Waals surface area contributed by atoms with Crippen LogP contribution in [-0.4, -0.2) is 43.0 Å². The van der Waals surface area contributed by atoms with Gasteiger partial charge in [0, 0.05) is 11.0 Å². The van der Waals surface area contributed by atoms with E-state index in [4.69, 9.17) is 9.47 Å². The lowest BCUT2D eigenvalue weighted by Crippen LogP contribution is -2.42. The van der Waals surface area contributed by atoms with Gasteiger partial charge in [0.15, 0.2) is 12.4 Å². The standard InChI is InChI=1S/C19H17BrN2O4/c20-13-6-4-12(5-7-13)16-10-22(8-9-25-16)19(24)14-2-1-3-15-18(14)26-11-17(23)21-15/h1-7,16H,8-11H2,(H,21,23). The van der Waals surface area contributed by atoms with Gasteiger partial charge >= 0.3 is 0 Å². The zero-order valence-electron chi connectivity index (χ0n) is 13.9. The predicted octanol–water partition coefficient (Wildman–Crippen LogP) is 2.99. The predicted molar refractivity (Wildman–Crippen MR) is 99.3 cm³/mol. The van der Waals surface area contributed by atoms with E-state index >= 15 is 0 Å². The number of nitrogens with one attached hydrogen (secondary N) is 1. The highest BCUT2D eigenvalue weighted by atomic mass is 79.9. The van der Waals surface area contributed by atoms with Crippen LogP contribution in [0.1, 0.15) is 22.0 Å². The van der Waals surface area contributed by atoms with E-state index in [1.54, 1.807) is 23.1 Å². The molecule has 0 radical (unpaired) electrons. The Morgan fingerprint density at radius 3 is 2.81 bits per heavy atom. The number of carbonyl (C=O) groups is 2. The van der Waals surface area contributed by atoms with Gasteiger partial charge < -0.3 is 19.7 Å². The summed E-state index contributed by atoms with van der Waals surface area (Å²) < 4.78 is 12.4. The van der Waals surface area contributed by atoms with Crippen LogP contribution >= 0.6 is 15.9 Å². The van der Waals surface area contributed by atoms with Crippen LogP contribution in [0.3, 0.4) is 0 Å². The molecule has 2 aliphatic rings. The Labute approximate surface area is 159 Å². The largest absolute Gasteiger partial charge is 0.481 e. The molecule has 0 aliphatic carbocycles. The third kappa shape index (κ3) is 3.32. The lowest BCUT2D eigenvalue weighted by atomic mass is 10.1. The summed E-state index contributed by atoms with van der Waals surface area (Å²) in [4.78, 5) is 26.3. The molecule has 1 unspecified atom stereocenters. The van der Waals surface area contributed by atoms with Crippen molar-refractivity contribution in [1.82, 2.24) is 4.90 Å². The molecule has 6 nitrogen and oxygen atoms in total. The lowest BCUT2D eigenvalue weighted by molar-refractivity contribution is -0.118. The van der Waals surface area contributed by atoms with Gasteiger partial charge in [-0.1, -0.05) is 34.1 Å². The average molecular weight is 417 g/mol. The first-order valence-corrected chi connectivity index (χ1v) is 9.13. The minimum Gasteiger partial charge on any atom is -0.481 e. The molecule has 7 heteroatoms. The second-order valence-corrected chi connectivity index (χ2v) is 7.10. The quantitative estimate of drug-likeness (QED) is 0.816. The van der Waals surface area contributed by atoms with Crippen molar-refractivity contribution < 1.29 is 19.1 Å². The first kappa shape index (κ1) is 17.1. The maximum atomic E-state index is 13.1. The number of amides is 2. The van der Waals surface area contributed by atoms with Crippen LogP contribution in [0.15, 0.2) is 46.9 Å². The number of rotatable bonds is 2. The molecule has 4 rings (SSSR count). The number of hydrogen-bond acceptors (Lipinski definition) is 4. The molecule has 1 saturated heterocycles. The van der Waals surface area contributed by atoms with E-state index in [0.717, 1.165) is 10.0 Å². The molecule has 0 saturated carbocycles. The summed E-state index contributed by atoms with van der Waals surface area (Å²) in [6.07, 6.45) is -0.166. The van der Waals surface area contributed by atoms with Crippen molar-refractivity contribution in [1.29, 1.82) is 0 Å². The third-order valence-electron chi connectivity index (χ3n) is 4.46. The van der Waals surface area contributed by atoms with E-state index in [1.165, 1.54) is 0 Å². The molecule has 2 aromatic carbocycles. The average Bonchev–Trinajstić information content (AvgIpc) is 2.67. The summed E-state index contributed by atoms with van der Waals surface area (Å²) in [6, 6.07) is 13.1. The topological polar surface area (TPSA) is 67.9 Å². The highest BCUT2D eigenvalue weighted by molar-refractivity contribution is 9.10. The molecule has 2 aromatic rings. The lowest BCUT2D eigenvalue weighted by Gasteiger charge is -2.34. The second kappa shape index (κ2) is 7.09. The zero-order valence-corrected chi connectivity index (χ0v) is 15.5. The Bertz CT molecular complexity index is 853. The van der Waals surface area contributed by atoms with Crippen molar-refractivity contribution in [3.63, 3.8) is 0 Å². The zero-order chi connectivity index (χ0) is 18.1. The summed E-state index contributed by atoms with van der Waals surface area (Å²) >= 11 is 3.43. The molecule has 134 valence electrons. The number of para-hydroxylation sites is 1. The number of carbonyl (C=O) groups excluding carboxylic acids is 2. The van der Waals surface area contributed by atoms with E-state index in [9.17, 15) is 9.59 Å². The molecule has 2 amide bonds. The Morgan fingerprint density at radius 1 is 1.19 bits per heavy atom. The number of ether oxygens (including phenoxy) is 2. The molecule has 1 atom stereocenters. The van der Waals surface area contributed by atoms with Crippen molar-refractivity contribution in [2.75, 3.05) is 31.6 Å². The number of halogens is 1. The van der Waals surface area contributed by atoms with E-state index in [1.807, 2.05) is 24.3 Å². The summed E-state index contributed by atoms with van der Waals surface area (Å²) in [5.41, 5.74) is 2.02. The minimum atomic E-state index is -0.219. The van der Waals surface area contributed by atoms with Crippen LogP contribution in [0, 0.1) is 0 Å². The Kier molecular flexibility index (Phi) is 4.65. The Balaban J connectivity index is 1.56.